The molecule has 0 spiro atoms. The first-order valence-corrected chi connectivity index (χ1v) is 8.97. The number of hydrogen-bond donors (Lipinski definition) is 1. The monoisotopic (exact) mass is 384 g/mol. The van der Waals surface area contributed by atoms with Gasteiger partial charge in [0.05, 0.1) is 13.0 Å². The third-order valence-corrected chi connectivity index (χ3v) is 5.35. The number of esters is 1. The van der Waals surface area contributed by atoms with Gasteiger partial charge in [-0.1, -0.05) is 29.8 Å². The SMILES string of the molecule is COC(=O)[C@@H]1CN(C(=O)NC(c2cccc(C)c2)C(F)(F)F)C[C@H]1C1CC1. The van der Waals surface area contributed by atoms with Gasteiger partial charge in [0.1, 0.15) is 0 Å². The van der Waals surface area contributed by atoms with E-state index < -0.39 is 30.1 Å². The topological polar surface area (TPSA) is 58.6 Å². The highest BCUT2D eigenvalue weighted by Crippen LogP contribution is 2.44. The first-order valence-electron chi connectivity index (χ1n) is 8.97. The van der Waals surface area contributed by atoms with Crippen LogP contribution >= 0.6 is 0 Å². The zero-order valence-corrected chi connectivity index (χ0v) is 15.3. The molecule has 5 nitrogen and oxygen atoms in total. The summed E-state index contributed by atoms with van der Waals surface area (Å²) in [6.07, 6.45) is -2.68. The highest BCUT2D eigenvalue weighted by molar-refractivity contribution is 5.79. The summed E-state index contributed by atoms with van der Waals surface area (Å²) in [5.41, 5.74) is 0.662. The molecule has 0 bridgehead atoms. The van der Waals surface area contributed by atoms with Crippen LogP contribution in [0.15, 0.2) is 24.3 Å². The van der Waals surface area contributed by atoms with Crippen molar-refractivity contribution in [3.8, 4) is 0 Å². The number of rotatable bonds is 4. The zero-order valence-electron chi connectivity index (χ0n) is 15.3. The number of nitrogens with zero attached hydrogens (tertiary/aromatic N) is 1. The second-order valence-corrected chi connectivity index (χ2v) is 7.37. The molecule has 2 fully saturated rings. The number of urea groups is 1. The standard InChI is InChI=1S/C19H23F3N2O3/c1-11-4-3-5-13(8-11)16(19(20,21)22)23-18(26)24-9-14(12-6-7-12)15(10-24)17(25)27-2/h3-5,8,12,14-16H,6-7,9-10H2,1-2H3,(H,23,26)/t14-,15+,16?/m0/s1. The molecular formula is C19H23F3N2O3. The molecule has 27 heavy (non-hydrogen) atoms. The van der Waals surface area contributed by atoms with Crippen LogP contribution in [0.5, 0.6) is 0 Å². The molecule has 0 aromatic heterocycles. The molecule has 1 N–H and O–H groups in total. The quantitative estimate of drug-likeness (QED) is 0.809. The van der Waals surface area contributed by atoms with Crippen molar-refractivity contribution in [2.45, 2.75) is 32.0 Å². The molecule has 1 saturated carbocycles. The van der Waals surface area contributed by atoms with E-state index in [2.05, 4.69) is 5.32 Å². The number of methoxy groups -OCH3 is 1. The minimum absolute atomic E-state index is 0.0155. The van der Waals surface area contributed by atoms with Gasteiger partial charge in [-0.15, -0.1) is 0 Å². The first-order chi connectivity index (χ1) is 12.7. The van der Waals surface area contributed by atoms with Crippen LogP contribution in [-0.2, 0) is 9.53 Å². The molecule has 1 unspecified atom stereocenters. The van der Waals surface area contributed by atoms with Crippen molar-refractivity contribution in [3.63, 3.8) is 0 Å². The minimum Gasteiger partial charge on any atom is -0.469 e. The van der Waals surface area contributed by atoms with Crippen LogP contribution in [0.1, 0.15) is 30.0 Å². The summed E-state index contributed by atoms with van der Waals surface area (Å²) >= 11 is 0. The van der Waals surface area contributed by atoms with E-state index in [0.29, 0.717) is 11.5 Å². The average Bonchev–Trinajstić information content (AvgIpc) is 3.36. The molecule has 1 aromatic rings. The highest BCUT2D eigenvalue weighted by atomic mass is 19.4. The van der Waals surface area contributed by atoms with Gasteiger partial charge < -0.3 is 15.0 Å². The first kappa shape index (κ1) is 19.5. The fraction of sp³-hybridized carbons (Fsp3) is 0.579. The summed E-state index contributed by atoms with van der Waals surface area (Å²) in [5.74, 6) is -0.599. The number of carbonyl (C=O) groups is 2. The van der Waals surface area contributed by atoms with Crippen molar-refractivity contribution in [1.29, 1.82) is 0 Å². The third kappa shape index (κ3) is 4.36. The Morgan fingerprint density at radius 1 is 1.26 bits per heavy atom. The molecule has 2 aliphatic rings. The van der Waals surface area contributed by atoms with Crippen molar-refractivity contribution >= 4 is 12.0 Å². The van der Waals surface area contributed by atoms with Gasteiger partial charge in [0.15, 0.2) is 6.04 Å². The summed E-state index contributed by atoms with van der Waals surface area (Å²) in [6.45, 7) is 2.05. The van der Waals surface area contributed by atoms with Crippen molar-refractivity contribution < 1.29 is 27.5 Å². The summed E-state index contributed by atoms with van der Waals surface area (Å²) < 4.78 is 45.5. The van der Waals surface area contributed by atoms with Crippen LogP contribution in [-0.4, -0.2) is 43.3 Å². The van der Waals surface area contributed by atoms with E-state index >= 15 is 0 Å². The highest BCUT2D eigenvalue weighted by Gasteiger charge is 2.49. The molecule has 1 aromatic carbocycles. The predicted molar refractivity (Wildman–Crippen MR) is 91.8 cm³/mol. The molecule has 1 heterocycles. The lowest BCUT2D eigenvalue weighted by molar-refractivity contribution is -0.155. The molecule has 1 aliphatic heterocycles. The van der Waals surface area contributed by atoms with Gasteiger partial charge in [-0.2, -0.15) is 13.2 Å². The number of halogens is 3. The molecule has 1 saturated heterocycles. The Bertz CT molecular complexity index is 718. The maximum atomic E-state index is 13.6. The van der Waals surface area contributed by atoms with Gasteiger partial charge in [-0.3, -0.25) is 4.79 Å². The average molecular weight is 384 g/mol. The van der Waals surface area contributed by atoms with E-state index in [9.17, 15) is 22.8 Å². The number of hydrogen-bond acceptors (Lipinski definition) is 3. The number of likely N-dealkylation sites (tertiary alicyclic amines) is 1. The Hall–Kier alpha value is -2.25. The minimum atomic E-state index is -4.62. The number of ether oxygens (including phenoxy) is 1. The maximum absolute atomic E-state index is 13.6. The van der Waals surface area contributed by atoms with Crippen LogP contribution in [0.3, 0.4) is 0 Å². The van der Waals surface area contributed by atoms with Crippen LogP contribution in [0.4, 0.5) is 18.0 Å². The normalized spacial score (nSPS) is 23.8. The van der Waals surface area contributed by atoms with E-state index in [0.717, 1.165) is 12.8 Å². The van der Waals surface area contributed by atoms with E-state index in [4.69, 9.17) is 4.74 Å². The molecule has 0 radical (unpaired) electrons. The zero-order chi connectivity index (χ0) is 19.8. The molecule has 3 atom stereocenters. The lowest BCUT2D eigenvalue weighted by atomic mass is 9.92. The Morgan fingerprint density at radius 2 is 1.96 bits per heavy atom. The Morgan fingerprint density at radius 3 is 2.52 bits per heavy atom. The lowest BCUT2D eigenvalue weighted by Gasteiger charge is -2.26. The summed E-state index contributed by atoms with van der Waals surface area (Å²) in [4.78, 5) is 25.9. The van der Waals surface area contributed by atoms with Crippen molar-refractivity contribution in [2.75, 3.05) is 20.2 Å². The summed E-state index contributed by atoms with van der Waals surface area (Å²) in [5, 5.41) is 2.11. The second kappa shape index (κ2) is 7.40. The van der Waals surface area contributed by atoms with Crippen molar-refractivity contribution in [2.24, 2.45) is 17.8 Å². The third-order valence-electron chi connectivity index (χ3n) is 5.35. The van der Waals surface area contributed by atoms with Gasteiger partial charge >= 0.3 is 18.2 Å². The molecule has 8 heteroatoms. The number of carbonyl (C=O) groups excluding carboxylic acids is 2. The smallest absolute Gasteiger partial charge is 0.412 e. The fourth-order valence-corrected chi connectivity index (χ4v) is 3.82. The van der Waals surface area contributed by atoms with Gasteiger partial charge in [0.25, 0.3) is 0 Å². The predicted octanol–water partition coefficient (Wildman–Crippen LogP) is 3.44. The molecule has 2 amide bonds. The van der Waals surface area contributed by atoms with Crippen LogP contribution < -0.4 is 5.32 Å². The van der Waals surface area contributed by atoms with E-state index in [1.165, 1.54) is 30.2 Å². The van der Waals surface area contributed by atoms with Gasteiger partial charge in [0.2, 0.25) is 0 Å². The Labute approximate surface area is 155 Å². The maximum Gasteiger partial charge on any atom is 0.412 e. The van der Waals surface area contributed by atoms with Crippen LogP contribution in [0.25, 0.3) is 0 Å². The van der Waals surface area contributed by atoms with Crippen molar-refractivity contribution in [1.82, 2.24) is 10.2 Å². The fourth-order valence-electron chi connectivity index (χ4n) is 3.82. The second-order valence-electron chi connectivity index (χ2n) is 7.37. The molecular weight excluding hydrogens is 361 g/mol. The number of benzene rings is 1. The van der Waals surface area contributed by atoms with Gasteiger partial charge in [-0.05, 0) is 37.2 Å². The number of alkyl halides is 3. The number of amides is 2. The number of aryl methyl sites for hydroxylation is 1. The molecule has 3 rings (SSSR count). The molecule has 1 aliphatic carbocycles. The Balaban J connectivity index is 1.75. The molecule has 148 valence electrons. The number of nitrogens with one attached hydrogen (secondary N) is 1. The summed E-state index contributed by atoms with van der Waals surface area (Å²) in [7, 11) is 1.28. The Kier molecular flexibility index (Phi) is 5.35. The van der Waals surface area contributed by atoms with Crippen molar-refractivity contribution in [3.05, 3.63) is 35.4 Å². The van der Waals surface area contributed by atoms with Crippen LogP contribution in [0.2, 0.25) is 0 Å². The summed E-state index contributed by atoms with van der Waals surface area (Å²) in [6, 6.07) is 3.08. The van der Waals surface area contributed by atoms with Gasteiger partial charge in [-0.25, -0.2) is 4.79 Å². The van der Waals surface area contributed by atoms with E-state index in [1.54, 1.807) is 13.0 Å². The van der Waals surface area contributed by atoms with Crippen LogP contribution in [0, 0.1) is 24.7 Å². The lowest BCUT2D eigenvalue weighted by Crippen LogP contribution is -2.45. The van der Waals surface area contributed by atoms with Gasteiger partial charge in [0, 0.05) is 13.1 Å². The van der Waals surface area contributed by atoms with E-state index in [-0.39, 0.29) is 24.6 Å². The van der Waals surface area contributed by atoms with E-state index in [1.807, 2.05) is 0 Å². The largest absolute Gasteiger partial charge is 0.469 e.